The maximum absolute atomic E-state index is 11.9. The SMILES string of the molecule is CNC(=O)NC(=O)CCN1Cc2ccccc2[C@H](c2ccccc2)C1. The van der Waals surface area contributed by atoms with Gasteiger partial charge in [-0.05, 0) is 16.7 Å². The fraction of sp³-hybridized carbons (Fsp3) is 0.300. The molecule has 0 spiro atoms. The van der Waals surface area contributed by atoms with Crippen molar-refractivity contribution in [2.75, 3.05) is 20.1 Å². The quantitative estimate of drug-likeness (QED) is 0.901. The van der Waals surface area contributed by atoms with Gasteiger partial charge in [-0.2, -0.15) is 0 Å². The molecule has 5 nitrogen and oxygen atoms in total. The Morgan fingerprint density at radius 3 is 2.56 bits per heavy atom. The fourth-order valence-corrected chi connectivity index (χ4v) is 3.33. The molecule has 2 aromatic rings. The van der Waals surface area contributed by atoms with Crippen LogP contribution in [-0.4, -0.2) is 37.0 Å². The number of amides is 3. The topological polar surface area (TPSA) is 61.4 Å². The molecule has 3 rings (SSSR count). The summed E-state index contributed by atoms with van der Waals surface area (Å²) in [5, 5.41) is 4.71. The Hall–Kier alpha value is -2.66. The Balaban J connectivity index is 1.71. The second-order valence-corrected chi connectivity index (χ2v) is 6.27. The highest BCUT2D eigenvalue weighted by Gasteiger charge is 2.26. The Labute approximate surface area is 148 Å². The molecule has 0 saturated carbocycles. The van der Waals surface area contributed by atoms with Gasteiger partial charge in [0.2, 0.25) is 5.91 Å². The minimum absolute atomic E-state index is 0.255. The van der Waals surface area contributed by atoms with Crippen LogP contribution in [0.3, 0.4) is 0 Å². The van der Waals surface area contributed by atoms with Crippen molar-refractivity contribution in [1.29, 1.82) is 0 Å². The molecule has 0 saturated heterocycles. The number of nitrogens with zero attached hydrogens (tertiary/aromatic N) is 1. The lowest BCUT2D eigenvalue weighted by Crippen LogP contribution is -2.40. The third kappa shape index (κ3) is 4.25. The summed E-state index contributed by atoms with van der Waals surface area (Å²) < 4.78 is 0. The molecule has 0 aromatic heterocycles. The molecule has 1 atom stereocenters. The van der Waals surface area contributed by atoms with Gasteiger partial charge >= 0.3 is 6.03 Å². The molecule has 2 N–H and O–H groups in total. The molecule has 0 radical (unpaired) electrons. The van der Waals surface area contributed by atoms with Crippen molar-refractivity contribution in [2.45, 2.75) is 18.9 Å². The third-order valence-corrected chi connectivity index (χ3v) is 4.60. The van der Waals surface area contributed by atoms with Crippen molar-refractivity contribution in [3.8, 4) is 0 Å². The number of benzene rings is 2. The van der Waals surface area contributed by atoms with E-state index < -0.39 is 6.03 Å². The Kier molecular flexibility index (Phi) is 5.46. The van der Waals surface area contributed by atoms with Gasteiger partial charge in [0.1, 0.15) is 0 Å². The zero-order valence-corrected chi connectivity index (χ0v) is 14.4. The molecule has 5 heteroatoms. The van der Waals surface area contributed by atoms with E-state index in [1.165, 1.54) is 23.7 Å². The third-order valence-electron chi connectivity index (χ3n) is 4.60. The predicted octanol–water partition coefficient (Wildman–Crippen LogP) is 2.48. The minimum atomic E-state index is -0.462. The van der Waals surface area contributed by atoms with Crippen LogP contribution in [0.1, 0.15) is 29.0 Å². The molecule has 0 aliphatic carbocycles. The summed E-state index contributed by atoms with van der Waals surface area (Å²) in [5.41, 5.74) is 3.95. The zero-order chi connectivity index (χ0) is 17.6. The van der Waals surface area contributed by atoms with Gasteiger partial charge in [0.15, 0.2) is 0 Å². The van der Waals surface area contributed by atoms with Crippen LogP contribution < -0.4 is 10.6 Å². The van der Waals surface area contributed by atoms with Crippen LogP contribution in [0.25, 0.3) is 0 Å². The summed E-state index contributed by atoms with van der Waals surface area (Å²) in [7, 11) is 1.49. The van der Waals surface area contributed by atoms with Crippen LogP contribution in [-0.2, 0) is 11.3 Å². The maximum atomic E-state index is 11.9. The lowest BCUT2D eigenvalue weighted by molar-refractivity contribution is -0.120. The molecule has 1 aliphatic heterocycles. The zero-order valence-electron chi connectivity index (χ0n) is 14.4. The standard InChI is InChI=1S/C20H23N3O2/c1-21-20(25)22-19(24)11-12-23-13-16-9-5-6-10-17(16)18(14-23)15-7-3-2-4-8-15/h2-10,18H,11-14H2,1H3,(H2,21,22,24,25)/t18-/m0/s1. The number of urea groups is 1. The van der Waals surface area contributed by atoms with Crippen molar-refractivity contribution in [2.24, 2.45) is 0 Å². The molecular weight excluding hydrogens is 314 g/mol. The van der Waals surface area contributed by atoms with Crippen molar-refractivity contribution in [3.63, 3.8) is 0 Å². The van der Waals surface area contributed by atoms with Gasteiger partial charge < -0.3 is 5.32 Å². The minimum Gasteiger partial charge on any atom is -0.341 e. The van der Waals surface area contributed by atoms with E-state index in [0.29, 0.717) is 18.9 Å². The Morgan fingerprint density at radius 2 is 1.80 bits per heavy atom. The number of nitrogens with one attached hydrogen (secondary N) is 2. The molecule has 1 heterocycles. The first kappa shape index (κ1) is 17.2. The maximum Gasteiger partial charge on any atom is 0.321 e. The number of hydrogen-bond acceptors (Lipinski definition) is 3. The number of carbonyl (C=O) groups excluding carboxylic acids is 2. The van der Waals surface area contributed by atoms with Crippen molar-refractivity contribution >= 4 is 11.9 Å². The summed E-state index contributed by atoms with van der Waals surface area (Å²) in [6.07, 6.45) is 0.303. The average molecular weight is 337 g/mol. The van der Waals surface area contributed by atoms with E-state index in [0.717, 1.165) is 13.1 Å². The first-order chi connectivity index (χ1) is 12.2. The Morgan fingerprint density at radius 1 is 1.08 bits per heavy atom. The van der Waals surface area contributed by atoms with Gasteiger partial charge in [-0.25, -0.2) is 4.79 Å². The number of imide groups is 1. The van der Waals surface area contributed by atoms with E-state index in [9.17, 15) is 9.59 Å². The summed E-state index contributed by atoms with van der Waals surface area (Å²) in [4.78, 5) is 25.4. The first-order valence-corrected chi connectivity index (χ1v) is 8.54. The van der Waals surface area contributed by atoms with E-state index >= 15 is 0 Å². The number of hydrogen-bond donors (Lipinski definition) is 2. The van der Waals surface area contributed by atoms with E-state index in [4.69, 9.17) is 0 Å². The van der Waals surface area contributed by atoms with Crippen LogP contribution in [0, 0.1) is 0 Å². The van der Waals surface area contributed by atoms with E-state index in [-0.39, 0.29) is 5.91 Å². The smallest absolute Gasteiger partial charge is 0.321 e. The molecule has 130 valence electrons. The van der Waals surface area contributed by atoms with Crippen LogP contribution in [0.5, 0.6) is 0 Å². The molecular formula is C20H23N3O2. The monoisotopic (exact) mass is 337 g/mol. The number of fused-ring (bicyclic) bond motifs is 1. The summed E-state index contributed by atoms with van der Waals surface area (Å²) in [6.45, 7) is 2.32. The number of carbonyl (C=O) groups is 2. The summed E-state index contributed by atoms with van der Waals surface area (Å²) in [5.74, 6) is 0.0441. The Bertz CT molecular complexity index is 746. The molecule has 25 heavy (non-hydrogen) atoms. The molecule has 0 bridgehead atoms. The van der Waals surface area contributed by atoms with Crippen LogP contribution in [0.2, 0.25) is 0 Å². The van der Waals surface area contributed by atoms with Gasteiger partial charge in [0.05, 0.1) is 0 Å². The normalized spacial score (nSPS) is 16.8. The highest BCUT2D eigenvalue weighted by atomic mass is 16.2. The lowest BCUT2D eigenvalue weighted by atomic mass is 9.84. The van der Waals surface area contributed by atoms with Gasteiger partial charge in [-0.1, -0.05) is 54.6 Å². The second-order valence-electron chi connectivity index (χ2n) is 6.27. The van der Waals surface area contributed by atoms with Gasteiger partial charge in [0, 0.05) is 39.0 Å². The van der Waals surface area contributed by atoms with Crippen molar-refractivity contribution in [3.05, 3.63) is 71.3 Å². The van der Waals surface area contributed by atoms with Crippen molar-refractivity contribution < 1.29 is 9.59 Å². The van der Waals surface area contributed by atoms with Crippen LogP contribution in [0.15, 0.2) is 54.6 Å². The van der Waals surface area contributed by atoms with Gasteiger partial charge in [-0.3, -0.25) is 15.0 Å². The fourth-order valence-electron chi connectivity index (χ4n) is 3.33. The van der Waals surface area contributed by atoms with E-state index in [1.807, 2.05) is 6.07 Å². The van der Waals surface area contributed by atoms with E-state index in [1.54, 1.807) is 0 Å². The number of rotatable bonds is 4. The second kappa shape index (κ2) is 7.94. The summed E-state index contributed by atoms with van der Waals surface area (Å²) in [6, 6.07) is 18.5. The first-order valence-electron chi connectivity index (χ1n) is 8.54. The predicted molar refractivity (Wildman–Crippen MR) is 97.2 cm³/mol. The largest absolute Gasteiger partial charge is 0.341 e. The molecule has 2 aromatic carbocycles. The molecule has 3 amide bonds. The van der Waals surface area contributed by atoms with Gasteiger partial charge in [-0.15, -0.1) is 0 Å². The molecule has 0 fully saturated rings. The van der Waals surface area contributed by atoms with Crippen molar-refractivity contribution in [1.82, 2.24) is 15.5 Å². The average Bonchev–Trinajstić information content (AvgIpc) is 2.66. The van der Waals surface area contributed by atoms with Crippen LogP contribution in [0.4, 0.5) is 4.79 Å². The van der Waals surface area contributed by atoms with Gasteiger partial charge in [0.25, 0.3) is 0 Å². The molecule has 1 aliphatic rings. The lowest BCUT2D eigenvalue weighted by Gasteiger charge is -2.35. The highest BCUT2D eigenvalue weighted by Crippen LogP contribution is 2.33. The summed E-state index contributed by atoms with van der Waals surface area (Å²) >= 11 is 0. The molecule has 0 unspecified atom stereocenters. The highest BCUT2D eigenvalue weighted by molar-refractivity contribution is 5.94. The van der Waals surface area contributed by atoms with E-state index in [2.05, 4.69) is 64.1 Å². The van der Waals surface area contributed by atoms with Crippen LogP contribution >= 0.6 is 0 Å².